The molecule has 238 valence electrons. The van der Waals surface area contributed by atoms with Gasteiger partial charge in [0.25, 0.3) is 5.92 Å². The SMILES string of the molecule is CCOC(=O)C1=C(CN2CC(F)(F)[C@@H]3[C@H]2CON3CC[C@@](C)(O)C(=O)O)NC(c2nccs2)=N[C@H]1c1ccc(F)c(F)c1C. The molecule has 0 radical (unpaired) electrons. The minimum Gasteiger partial charge on any atom is -0.479 e. The van der Waals surface area contributed by atoms with Crippen LogP contribution in [0.25, 0.3) is 0 Å². The molecule has 3 aliphatic rings. The molecule has 1 aromatic carbocycles. The van der Waals surface area contributed by atoms with Crippen LogP contribution in [0.3, 0.4) is 0 Å². The fraction of sp³-hybridized carbons (Fsp3) is 0.500. The molecule has 16 heteroatoms. The quantitative estimate of drug-likeness (QED) is 0.263. The number of alkyl halides is 2. The molecule has 0 amide bonds. The summed E-state index contributed by atoms with van der Waals surface area (Å²) in [6.07, 6.45) is 1.17. The second-order valence-electron chi connectivity index (χ2n) is 11.0. The molecule has 3 N–H and O–H groups in total. The molecule has 4 atom stereocenters. The largest absolute Gasteiger partial charge is 0.479 e. The Morgan fingerprint density at radius 1 is 1.32 bits per heavy atom. The molecule has 0 unspecified atom stereocenters. The number of likely N-dealkylation sites (tertiary alicyclic amines) is 1. The number of fused-ring (bicyclic) bond motifs is 1. The second-order valence-corrected chi connectivity index (χ2v) is 11.9. The lowest BCUT2D eigenvalue weighted by Gasteiger charge is -2.31. The Balaban J connectivity index is 1.52. The molecular formula is C28H31F4N5O6S. The van der Waals surface area contributed by atoms with E-state index in [0.717, 1.165) is 18.1 Å². The van der Waals surface area contributed by atoms with Crippen LogP contribution in [0.1, 0.15) is 42.4 Å². The van der Waals surface area contributed by atoms with Crippen LogP contribution < -0.4 is 5.32 Å². The summed E-state index contributed by atoms with van der Waals surface area (Å²) in [5, 5.41) is 25.5. The Morgan fingerprint density at radius 3 is 2.73 bits per heavy atom. The van der Waals surface area contributed by atoms with Crippen molar-refractivity contribution in [3.63, 3.8) is 0 Å². The van der Waals surface area contributed by atoms with Crippen LogP contribution >= 0.6 is 11.3 Å². The van der Waals surface area contributed by atoms with E-state index in [-0.39, 0.29) is 61.0 Å². The smallest absolute Gasteiger partial charge is 0.338 e. The van der Waals surface area contributed by atoms with Gasteiger partial charge in [0.05, 0.1) is 31.4 Å². The number of carbonyl (C=O) groups excluding carboxylic acids is 1. The van der Waals surface area contributed by atoms with E-state index >= 15 is 8.78 Å². The Bertz CT molecular complexity index is 1500. The van der Waals surface area contributed by atoms with Gasteiger partial charge in [0.1, 0.15) is 12.1 Å². The highest BCUT2D eigenvalue weighted by molar-refractivity contribution is 7.11. The fourth-order valence-electron chi connectivity index (χ4n) is 5.64. The lowest BCUT2D eigenvalue weighted by Crippen LogP contribution is -2.47. The van der Waals surface area contributed by atoms with E-state index in [0.29, 0.717) is 5.01 Å². The van der Waals surface area contributed by atoms with Crippen molar-refractivity contribution < 1.29 is 46.9 Å². The number of ether oxygens (including phenoxy) is 1. The van der Waals surface area contributed by atoms with Gasteiger partial charge in [-0.1, -0.05) is 6.07 Å². The van der Waals surface area contributed by atoms with Gasteiger partial charge in [0.2, 0.25) is 0 Å². The number of hydrogen-bond acceptors (Lipinski definition) is 11. The van der Waals surface area contributed by atoms with Gasteiger partial charge >= 0.3 is 11.9 Å². The van der Waals surface area contributed by atoms with Crippen LogP contribution in [0.2, 0.25) is 0 Å². The fourth-order valence-corrected chi connectivity index (χ4v) is 6.22. The summed E-state index contributed by atoms with van der Waals surface area (Å²) in [4.78, 5) is 40.6. The summed E-state index contributed by atoms with van der Waals surface area (Å²) < 4.78 is 65.1. The third kappa shape index (κ3) is 5.96. The molecule has 0 aliphatic carbocycles. The van der Waals surface area contributed by atoms with Crippen molar-refractivity contribution in [3.05, 3.63) is 62.7 Å². The predicted octanol–water partition coefficient (Wildman–Crippen LogP) is 2.80. The number of nitrogens with one attached hydrogen (secondary N) is 1. The first kappa shape index (κ1) is 32.0. The summed E-state index contributed by atoms with van der Waals surface area (Å²) in [7, 11) is 0. The Kier molecular flexibility index (Phi) is 8.83. The number of amidine groups is 1. The van der Waals surface area contributed by atoms with Crippen molar-refractivity contribution >= 4 is 29.1 Å². The van der Waals surface area contributed by atoms with Crippen LogP contribution in [0.15, 0.2) is 40.0 Å². The van der Waals surface area contributed by atoms with E-state index in [9.17, 15) is 28.6 Å². The lowest BCUT2D eigenvalue weighted by molar-refractivity contribution is -0.190. The number of nitrogens with zero attached hydrogens (tertiary/aromatic N) is 4. The van der Waals surface area contributed by atoms with Gasteiger partial charge in [-0.15, -0.1) is 11.3 Å². The van der Waals surface area contributed by atoms with Crippen LogP contribution in [0.5, 0.6) is 0 Å². The van der Waals surface area contributed by atoms with Crippen LogP contribution in [0, 0.1) is 18.6 Å². The first-order valence-corrected chi connectivity index (χ1v) is 14.7. The minimum absolute atomic E-state index is 0.0163. The van der Waals surface area contributed by atoms with Crippen LogP contribution in [0.4, 0.5) is 17.6 Å². The molecule has 2 aromatic rings. The number of aromatic nitrogens is 1. The molecule has 11 nitrogen and oxygen atoms in total. The lowest BCUT2D eigenvalue weighted by atomic mass is 9.92. The van der Waals surface area contributed by atoms with Gasteiger partial charge < -0.3 is 20.3 Å². The molecular weight excluding hydrogens is 610 g/mol. The number of carboxylic acid groups (broad SMARTS) is 1. The molecule has 5 rings (SSSR count). The number of aliphatic imine (C=N–C) groups is 1. The monoisotopic (exact) mass is 641 g/mol. The standard InChI is InChI=1S/C28H31F4N5O6S/c1-4-42-25(38)19-17(11-36-13-28(31,32)22-18(36)12-43-37(22)9-7-27(3,41)26(39)40)34-23(24-33-8-10-44-24)35-21(19)15-5-6-16(29)20(30)14(15)2/h5-6,8,10,18,21-22,41H,4,7,9,11-13H2,1-3H3,(H,34,35)(H,39,40)/t18-,21+,22+,27-/m1/s1. The van der Waals surface area contributed by atoms with Crippen LogP contribution in [-0.2, 0) is 19.2 Å². The number of halogens is 4. The molecule has 0 spiro atoms. The van der Waals surface area contributed by atoms with Gasteiger partial charge in [0.15, 0.2) is 28.1 Å². The number of carboxylic acids is 1. The number of thiazole rings is 1. The number of hydrogen-bond donors (Lipinski definition) is 3. The number of esters is 1. The van der Waals surface area contributed by atoms with Crippen molar-refractivity contribution in [2.24, 2.45) is 4.99 Å². The topological polar surface area (TPSA) is 137 Å². The zero-order valence-corrected chi connectivity index (χ0v) is 24.8. The minimum atomic E-state index is -3.31. The highest BCUT2D eigenvalue weighted by atomic mass is 32.1. The maximum atomic E-state index is 15.5. The number of hydroxylamine groups is 2. The van der Waals surface area contributed by atoms with Crippen molar-refractivity contribution in [2.75, 3.05) is 32.8 Å². The Labute approximate surface area is 253 Å². The average molecular weight is 642 g/mol. The summed E-state index contributed by atoms with van der Waals surface area (Å²) in [5.41, 5.74) is -1.92. The van der Waals surface area contributed by atoms with E-state index in [1.165, 1.54) is 35.4 Å². The van der Waals surface area contributed by atoms with Gasteiger partial charge in [-0.2, -0.15) is 5.06 Å². The molecule has 2 fully saturated rings. The number of aliphatic hydroxyl groups is 1. The van der Waals surface area contributed by atoms with E-state index in [2.05, 4.69) is 15.3 Å². The summed E-state index contributed by atoms with van der Waals surface area (Å²) in [6.45, 7) is 2.64. The van der Waals surface area contributed by atoms with E-state index in [1.807, 2.05) is 0 Å². The first-order valence-electron chi connectivity index (χ1n) is 13.8. The third-order valence-electron chi connectivity index (χ3n) is 7.97. The van der Waals surface area contributed by atoms with E-state index in [4.69, 9.17) is 9.57 Å². The highest BCUT2D eigenvalue weighted by Gasteiger charge is 2.61. The van der Waals surface area contributed by atoms with E-state index in [1.54, 1.807) is 12.3 Å². The zero-order chi connectivity index (χ0) is 32.0. The third-order valence-corrected chi connectivity index (χ3v) is 8.75. The number of rotatable bonds is 10. The Hall–Kier alpha value is -3.44. The number of aliphatic carboxylic acids is 1. The molecule has 44 heavy (non-hydrogen) atoms. The number of carbonyl (C=O) groups is 2. The van der Waals surface area contributed by atoms with Crippen molar-refractivity contribution in [3.8, 4) is 0 Å². The average Bonchev–Trinajstić information content (AvgIpc) is 3.70. The molecule has 0 bridgehead atoms. The summed E-state index contributed by atoms with van der Waals surface area (Å²) in [5.74, 6) is -7.58. The maximum Gasteiger partial charge on any atom is 0.338 e. The first-order chi connectivity index (χ1) is 20.7. The van der Waals surface area contributed by atoms with Gasteiger partial charge in [-0.25, -0.2) is 32.1 Å². The molecule has 2 saturated heterocycles. The maximum absolute atomic E-state index is 15.5. The second kappa shape index (κ2) is 12.2. The van der Waals surface area contributed by atoms with Gasteiger partial charge in [0, 0.05) is 36.8 Å². The Morgan fingerprint density at radius 2 is 2.07 bits per heavy atom. The highest BCUT2D eigenvalue weighted by Crippen LogP contribution is 2.42. The predicted molar refractivity (Wildman–Crippen MR) is 149 cm³/mol. The van der Waals surface area contributed by atoms with Gasteiger partial charge in [-0.05, 0) is 38.0 Å². The van der Waals surface area contributed by atoms with E-state index < -0.39 is 59.8 Å². The molecule has 4 heterocycles. The van der Waals surface area contributed by atoms with Gasteiger partial charge in [-0.3, -0.25) is 14.7 Å². The normalized spacial score (nSPS) is 24.9. The zero-order valence-electron chi connectivity index (χ0n) is 24.0. The molecule has 1 aromatic heterocycles. The summed E-state index contributed by atoms with van der Waals surface area (Å²) >= 11 is 1.23. The molecule has 3 aliphatic heterocycles. The van der Waals surface area contributed by atoms with Crippen molar-refractivity contribution in [1.82, 2.24) is 20.3 Å². The number of benzene rings is 1. The van der Waals surface area contributed by atoms with Crippen molar-refractivity contribution in [1.29, 1.82) is 0 Å². The summed E-state index contributed by atoms with van der Waals surface area (Å²) in [6, 6.07) is -1.26. The van der Waals surface area contributed by atoms with Crippen molar-refractivity contribution in [2.45, 2.75) is 56.8 Å². The molecule has 0 saturated carbocycles. The van der Waals surface area contributed by atoms with Crippen LogP contribution in [-0.4, -0.2) is 99.4 Å².